The molecule has 0 radical (unpaired) electrons. The highest BCUT2D eigenvalue weighted by molar-refractivity contribution is 7.98. The second kappa shape index (κ2) is 8.51. The lowest BCUT2D eigenvalue weighted by Gasteiger charge is -2.26. The van der Waals surface area contributed by atoms with E-state index in [0.717, 1.165) is 34.1 Å². The first kappa shape index (κ1) is 21.4. The molecule has 8 nitrogen and oxygen atoms in total. The molecule has 4 aromatic rings. The van der Waals surface area contributed by atoms with Gasteiger partial charge in [-0.1, -0.05) is 17.8 Å². The van der Waals surface area contributed by atoms with Crippen LogP contribution in [0.25, 0.3) is 22.1 Å². The maximum Gasteiger partial charge on any atom is 0.243 e. The second-order valence-electron chi connectivity index (χ2n) is 7.79. The number of aromatic nitrogens is 4. The molecule has 2 aromatic heterocycles. The number of H-pyrrole nitrogens is 1. The average Bonchev–Trinajstić information content (AvgIpc) is 3.37. The largest absolute Gasteiger partial charge is 0.379 e. The van der Waals surface area contributed by atoms with E-state index in [-0.39, 0.29) is 4.90 Å². The number of hydrogen-bond acceptors (Lipinski definition) is 6. The molecule has 0 bridgehead atoms. The third-order valence-corrected chi connectivity index (χ3v) is 8.44. The van der Waals surface area contributed by atoms with Gasteiger partial charge in [-0.25, -0.2) is 18.4 Å². The van der Waals surface area contributed by atoms with Crippen LogP contribution in [0.4, 0.5) is 0 Å². The van der Waals surface area contributed by atoms with Gasteiger partial charge >= 0.3 is 0 Å². The van der Waals surface area contributed by atoms with E-state index < -0.39 is 10.0 Å². The van der Waals surface area contributed by atoms with Gasteiger partial charge in [0.05, 0.1) is 45.9 Å². The molecule has 1 N–H and O–H groups in total. The van der Waals surface area contributed by atoms with Crippen LogP contribution in [0.3, 0.4) is 0 Å². The number of thioether (sulfide) groups is 1. The van der Waals surface area contributed by atoms with Crippen molar-refractivity contribution < 1.29 is 13.2 Å². The molecule has 1 aliphatic rings. The van der Waals surface area contributed by atoms with E-state index in [2.05, 4.69) is 40.5 Å². The first-order valence-electron chi connectivity index (χ1n) is 10.6. The van der Waals surface area contributed by atoms with Gasteiger partial charge in [-0.3, -0.25) is 0 Å². The van der Waals surface area contributed by atoms with Crippen LogP contribution in [0.2, 0.25) is 0 Å². The minimum absolute atomic E-state index is 0.277. The number of aromatic amines is 1. The fraction of sp³-hybridized carbons (Fsp3) is 0.364. The summed E-state index contributed by atoms with van der Waals surface area (Å²) in [6, 6.07) is 11.4. The van der Waals surface area contributed by atoms with Crippen LogP contribution in [-0.4, -0.2) is 58.5 Å². The van der Waals surface area contributed by atoms with Crippen molar-refractivity contribution in [2.75, 3.05) is 26.3 Å². The SMILES string of the molecule is CCn1c(CSc2nc3ccc(C)cc3[nH]2)nc2cc(S(=O)(=O)N3CCOCC3)ccc21. The molecular weight excluding hydrogens is 446 g/mol. The van der Waals surface area contributed by atoms with Gasteiger partial charge in [0.25, 0.3) is 0 Å². The smallest absolute Gasteiger partial charge is 0.243 e. The number of hydrogen-bond donors (Lipinski definition) is 1. The van der Waals surface area contributed by atoms with Crippen molar-refractivity contribution in [3.63, 3.8) is 0 Å². The molecule has 0 amide bonds. The van der Waals surface area contributed by atoms with Crippen LogP contribution in [-0.2, 0) is 27.1 Å². The van der Waals surface area contributed by atoms with Gasteiger partial charge in [-0.05, 0) is 49.7 Å². The maximum atomic E-state index is 13.0. The number of aryl methyl sites for hydroxylation is 2. The van der Waals surface area contributed by atoms with E-state index in [1.165, 1.54) is 9.87 Å². The highest BCUT2D eigenvalue weighted by Gasteiger charge is 2.27. The van der Waals surface area contributed by atoms with Crippen LogP contribution in [0.1, 0.15) is 18.3 Å². The first-order chi connectivity index (χ1) is 15.5. The molecule has 3 heterocycles. The Morgan fingerprint density at radius 2 is 1.91 bits per heavy atom. The predicted molar refractivity (Wildman–Crippen MR) is 125 cm³/mol. The van der Waals surface area contributed by atoms with Crippen molar-refractivity contribution >= 4 is 43.9 Å². The van der Waals surface area contributed by atoms with Crippen LogP contribution >= 0.6 is 11.8 Å². The molecule has 0 spiro atoms. The lowest BCUT2D eigenvalue weighted by atomic mass is 10.2. The van der Waals surface area contributed by atoms with Crippen molar-refractivity contribution in [1.82, 2.24) is 23.8 Å². The summed E-state index contributed by atoms with van der Waals surface area (Å²) < 4.78 is 35.0. The van der Waals surface area contributed by atoms with Crippen molar-refractivity contribution in [3.8, 4) is 0 Å². The molecule has 5 rings (SSSR count). The quantitative estimate of drug-likeness (QED) is 0.432. The summed E-state index contributed by atoms with van der Waals surface area (Å²) in [5.41, 5.74) is 4.78. The number of sulfonamides is 1. The molecular formula is C22H25N5O3S2. The van der Waals surface area contributed by atoms with Gasteiger partial charge < -0.3 is 14.3 Å². The maximum absolute atomic E-state index is 13.0. The Hall–Kier alpha value is -2.40. The summed E-state index contributed by atoms with van der Waals surface area (Å²) in [6.07, 6.45) is 0. The molecule has 10 heteroatoms. The van der Waals surface area contributed by atoms with Gasteiger partial charge in [0, 0.05) is 19.6 Å². The fourth-order valence-electron chi connectivity index (χ4n) is 4.02. The minimum Gasteiger partial charge on any atom is -0.379 e. The highest BCUT2D eigenvalue weighted by atomic mass is 32.2. The number of imidazole rings is 2. The normalized spacial score (nSPS) is 15.7. The Labute approximate surface area is 191 Å². The summed E-state index contributed by atoms with van der Waals surface area (Å²) >= 11 is 1.59. The van der Waals surface area contributed by atoms with E-state index in [9.17, 15) is 8.42 Å². The van der Waals surface area contributed by atoms with Crippen LogP contribution < -0.4 is 0 Å². The molecule has 0 saturated carbocycles. The van der Waals surface area contributed by atoms with Gasteiger partial charge in [0.1, 0.15) is 5.82 Å². The highest BCUT2D eigenvalue weighted by Crippen LogP contribution is 2.27. The minimum atomic E-state index is -3.55. The third-order valence-electron chi connectivity index (χ3n) is 5.68. The Morgan fingerprint density at radius 3 is 2.69 bits per heavy atom. The summed E-state index contributed by atoms with van der Waals surface area (Å²) in [6.45, 7) is 6.48. The Bertz CT molecular complexity index is 1390. The number of rotatable bonds is 6. The number of nitrogens with zero attached hydrogens (tertiary/aromatic N) is 4. The van der Waals surface area contributed by atoms with Crippen molar-refractivity contribution in [3.05, 3.63) is 47.8 Å². The van der Waals surface area contributed by atoms with Crippen molar-refractivity contribution in [1.29, 1.82) is 0 Å². The standard InChI is InChI=1S/C22H25N5O3S2/c1-3-27-20-7-5-16(32(28,29)26-8-10-30-11-9-26)13-19(20)23-21(27)14-31-22-24-17-6-4-15(2)12-18(17)25-22/h4-7,12-13H,3,8-11,14H2,1-2H3,(H,24,25). The molecule has 1 fully saturated rings. The van der Waals surface area contributed by atoms with Gasteiger partial charge in [-0.2, -0.15) is 4.31 Å². The number of fused-ring (bicyclic) bond motifs is 2. The summed E-state index contributed by atoms with van der Waals surface area (Å²) in [4.78, 5) is 13.1. The predicted octanol–water partition coefficient (Wildman–Crippen LogP) is 3.55. The van der Waals surface area contributed by atoms with Crippen LogP contribution in [0.5, 0.6) is 0 Å². The van der Waals surface area contributed by atoms with E-state index in [0.29, 0.717) is 37.6 Å². The van der Waals surface area contributed by atoms with Crippen LogP contribution in [0.15, 0.2) is 46.5 Å². The summed E-state index contributed by atoms with van der Waals surface area (Å²) in [5, 5.41) is 0.843. The third kappa shape index (κ3) is 3.92. The van der Waals surface area contributed by atoms with E-state index in [4.69, 9.17) is 9.72 Å². The molecule has 1 aliphatic heterocycles. The van der Waals surface area contributed by atoms with E-state index >= 15 is 0 Å². The molecule has 0 aliphatic carbocycles. The molecule has 32 heavy (non-hydrogen) atoms. The molecule has 0 atom stereocenters. The second-order valence-corrected chi connectivity index (χ2v) is 10.7. The monoisotopic (exact) mass is 471 g/mol. The van der Waals surface area contributed by atoms with E-state index in [1.54, 1.807) is 23.9 Å². The number of nitrogens with one attached hydrogen (secondary N) is 1. The van der Waals surface area contributed by atoms with Gasteiger partial charge in [-0.15, -0.1) is 0 Å². The topological polar surface area (TPSA) is 93.1 Å². The number of benzene rings is 2. The summed E-state index contributed by atoms with van der Waals surface area (Å²) in [5.74, 6) is 1.53. The van der Waals surface area contributed by atoms with Crippen molar-refractivity contribution in [2.45, 2.75) is 36.2 Å². The van der Waals surface area contributed by atoms with Crippen molar-refractivity contribution in [2.24, 2.45) is 0 Å². The van der Waals surface area contributed by atoms with Gasteiger partial charge in [0.15, 0.2) is 5.16 Å². The van der Waals surface area contributed by atoms with Crippen LogP contribution in [0, 0.1) is 6.92 Å². The summed E-state index contributed by atoms with van der Waals surface area (Å²) in [7, 11) is -3.55. The fourth-order valence-corrected chi connectivity index (χ4v) is 6.28. The zero-order valence-electron chi connectivity index (χ0n) is 18.0. The van der Waals surface area contributed by atoms with E-state index in [1.807, 2.05) is 12.1 Å². The molecule has 2 aromatic carbocycles. The first-order valence-corrected chi connectivity index (χ1v) is 13.0. The Balaban J connectivity index is 1.42. The zero-order valence-corrected chi connectivity index (χ0v) is 19.7. The number of ether oxygens (including phenoxy) is 1. The zero-order chi connectivity index (χ0) is 22.3. The Morgan fingerprint density at radius 1 is 1.09 bits per heavy atom. The average molecular weight is 472 g/mol. The number of morpholine rings is 1. The molecule has 1 saturated heterocycles. The van der Waals surface area contributed by atoms with Gasteiger partial charge in [0.2, 0.25) is 10.0 Å². The Kier molecular flexibility index (Phi) is 5.70. The lowest BCUT2D eigenvalue weighted by Crippen LogP contribution is -2.40. The molecule has 168 valence electrons. The molecule has 0 unspecified atom stereocenters. The lowest BCUT2D eigenvalue weighted by molar-refractivity contribution is 0.0730.